The van der Waals surface area contributed by atoms with E-state index in [2.05, 4.69) is 9.97 Å². The fraction of sp³-hybridized carbons (Fsp3) is 0.400. The number of hydrogen-bond donors (Lipinski definition) is 1. The topological polar surface area (TPSA) is 66.1 Å². The number of aromatic nitrogens is 2. The van der Waals surface area contributed by atoms with E-state index in [1.54, 1.807) is 23.8 Å². The maximum absolute atomic E-state index is 12.3. The molecule has 1 aliphatic heterocycles. The largest absolute Gasteiger partial charge is 0.362 e. The van der Waals surface area contributed by atoms with Crippen LogP contribution in [0.3, 0.4) is 0 Å². The van der Waals surface area contributed by atoms with Crippen LogP contribution in [0.2, 0.25) is 0 Å². The molecule has 0 radical (unpaired) electrons. The molecule has 1 N–H and O–H groups in total. The van der Waals surface area contributed by atoms with E-state index >= 15 is 0 Å². The normalized spacial score (nSPS) is 16.1. The van der Waals surface area contributed by atoms with Crippen LogP contribution in [0.25, 0.3) is 0 Å². The summed E-state index contributed by atoms with van der Waals surface area (Å²) in [6.45, 7) is 3.34. The highest BCUT2D eigenvalue weighted by Crippen LogP contribution is 2.27. The Kier molecular flexibility index (Phi) is 3.88. The zero-order chi connectivity index (χ0) is 14.8. The molecule has 3 rings (SSSR count). The molecule has 0 aliphatic carbocycles. The van der Waals surface area contributed by atoms with Gasteiger partial charge in [-0.25, -0.2) is 0 Å². The van der Waals surface area contributed by atoms with Crippen LogP contribution in [0.5, 0.6) is 0 Å². The van der Waals surface area contributed by atoms with Crippen LogP contribution in [-0.4, -0.2) is 33.9 Å². The van der Waals surface area contributed by atoms with Crippen molar-refractivity contribution in [2.45, 2.75) is 25.7 Å². The van der Waals surface area contributed by atoms with Crippen LogP contribution in [-0.2, 0) is 0 Å². The van der Waals surface area contributed by atoms with Gasteiger partial charge in [0.25, 0.3) is 5.91 Å². The molecule has 1 fully saturated rings. The van der Waals surface area contributed by atoms with Crippen LogP contribution in [0.15, 0.2) is 28.6 Å². The number of carbonyl (C=O) groups is 1. The highest BCUT2D eigenvalue weighted by atomic mass is 32.1. The van der Waals surface area contributed by atoms with E-state index in [1.807, 2.05) is 11.8 Å². The van der Waals surface area contributed by atoms with Crippen molar-refractivity contribution in [1.29, 1.82) is 0 Å². The molecule has 0 spiro atoms. The number of aromatic amines is 1. The smallest absolute Gasteiger partial charge is 0.265 e. The summed E-state index contributed by atoms with van der Waals surface area (Å²) in [4.78, 5) is 33.6. The van der Waals surface area contributed by atoms with Gasteiger partial charge in [0.1, 0.15) is 4.88 Å². The first-order valence-electron chi connectivity index (χ1n) is 7.02. The highest BCUT2D eigenvalue weighted by molar-refractivity contribution is 7.11. The summed E-state index contributed by atoms with van der Waals surface area (Å²) in [6.07, 6.45) is 3.38. The Morgan fingerprint density at radius 3 is 2.76 bits per heavy atom. The number of thiazole rings is 1. The van der Waals surface area contributed by atoms with E-state index in [-0.39, 0.29) is 11.3 Å². The maximum Gasteiger partial charge on any atom is 0.265 e. The molecule has 0 unspecified atom stereocenters. The SMILES string of the molecule is Cc1cc(=O)cc(C2CCN(C(=O)c3cncs3)CC2)[nH]1. The number of H-pyrrole nitrogens is 1. The first-order chi connectivity index (χ1) is 10.1. The van der Waals surface area contributed by atoms with Gasteiger partial charge in [-0.15, -0.1) is 11.3 Å². The third-order valence-corrected chi connectivity index (χ3v) is 4.62. The average molecular weight is 303 g/mol. The van der Waals surface area contributed by atoms with Gasteiger partial charge in [0.05, 0.1) is 11.7 Å². The lowest BCUT2D eigenvalue weighted by atomic mass is 9.92. The van der Waals surface area contributed by atoms with Crippen molar-refractivity contribution in [3.05, 3.63) is 50.3 Å². The lowest BCUT2D eigenvalue weighted by Gasteiger charge is -2.31. The van der Waals surface area contributed by atoms with Crippen LogP contribution >= 0.6 is 11.3 Å². The first-order valence-corrected chi connectivity index (χ1v) is 7.90. The lowest BCUT2D eigenvalue weighted by molar-refractivity contribution is 0.0716. The van der Waals surface area contributed by atoms with E-state index in [0.29, 0.717) is 10.8 Å². The zero-order valence-electron chi connectivity index (χ0n) is 11.8. The van der Waals surface area contributed by atoms with Gasteiger partial charge in [-0.05, 0) is 19.8 Å². The second-order valence-corrected chi connectivity index (χ2v) is 6.27. The molecule has 110 valence electrons. The van der Waals surface area contributed by atoms with Crippen LogP contribution in [0.1, 0.15) is 39.8 Å². The van der Waals surface area contributed by atoms with Gasteiger partial charge in [-0.1, -0.05) is 0 Å². The van der Waals surface area contributed by atoms with E-state index in [9.17, 15) is 9.59 Å². The minimum absolute atomic E-state index is 0.0458. The van der Waals surface area contributed by atoms with Crippen molar-refractivity contribution in [3.63, 3.8) is 0 Å². The predicted molar refractivity (Wildman–Crippen MR) is 81.8 cm³/mol. The summed E-state index contributed by atoms with van der Waals surface area (Å²) in [5.74, 6) is 0.386. The molecular weight excluding hydrogens is 286 g/mol. The van der Waals surface area contributed by atoms with Gasteiger partial charge in [0, 0.05) is 42.5 Å². The van der Waals surface area contributed by atoms with Crippen molar-refractivity contribution in [1.82, 2.24) is 14.9 Å². The Bertz CT molecular complexity index is 685. The second-order valence-electron chi connectivity index (χ2n) is 5.39. The van der Waals surface area contributed by atoms with E-state index in [1.165, 1.54) is 11.3 Å². The molecule has 0 saturated carbocycles. The molecule has 2 aromatic heterocycles. The minimum Gasteiger partial charge on any atom is -0.362 e. The Balaban J connectivity index is 1.67. The Morgan fingerprint density at radius 1 is 1.38 bits per heavy atom. The Hall–Kier alpha value is -1.95. The number of carbonyl (C=O) groups excluding carboxylic acids is 1. The summed E-state index contributed by atoms with van der Waals surface area (Å²) < 4.78 is 0. The number of nitrogens with one attached hydrogen (secondary N) is 1. The Labute approximate surface area is 126 Å². The van der Waals surface area contributed by atoms with Crippen LogP contribution in [0, 0.1) is 6.92 Å². The number of amides is 1. The number of aryl methyl sites for hydroxylation is 1. The number of hydrogen-bond acceptors (Lipinski definition) is 4. The summed E-state index contributed by atoms with van der Waals surface area (Å²) in [6, 6.07) is 3.28. The first kappa shape index (κ1) is 14.0. The van der Waals surface area contributed by atoms with Gasteiger partial charge in [0.15, 0.2) is 5.43 Å². The van der Waals surface area contributed by atoms with Crippen molar-refractivity contribution in [2.24, 2.45) is 0 Å². The summed E-state index contributed by atoms with van der Waals surface area (Å²) in [5.41, 5.74) is 3.60. The molecular formula is C15H17N3O2S. The van der Waals surface area contributed by atoms with Gasteiger partial charge in [-0.2, -0.15) is 0 Å². The number of likely N-dealkylation sites (tertiary alicyclic amines) is 1. The van der Waals surface area contributed by atoms with Crippen molar-refractivity contribution >= 4 is 17.2 Å². The minimum atomic E-state index is 0.0458. The van der Waals surface area contributed by atoms with Crippen LogP contribution in [0.4, 0.5) is 0 Å². The third kappa shape index (κ3) is 3.05. The van der Waals surface area contributed by atoms with Gasteiger partial charge in [-0.3, -0.25) is 14.6 Å². The lowest BCUT2D eigenvalue weighted by Crippen LogP contribution is -2.37. The van der Waals surface area contributed by atoms with Gasteiger partial charge >= 0.3 is 0 Å². The summed E-state index contributed by atoms with van der Waals surface area (Å²) in [7, 11) is 0. The third-order valence-electron chi connectivity index (χ3n) is 3.86. The standard InChI is InChI=1S/C15H17N3O2S/c1-10-6-12(19)7-13(17-10)11-2-4-18(5-3-11)15(20)14-8-16-9-21-14/h6-9,11H,2-5H2,1H3,(H,17,19). The molecule has 0 aromatic carbocycles. The number of pyridine rings is 1. The molecule has 2 aromatic rings. The molecule has 5 nitrogen and oxygen atoms in total. The average Bonchev–Trinajstić information content (AvgIpc) is 3.00. The molecule has 3 heterocycles. The fourth-order valence-electron chi connectivity index (χ4n) is 2.80. The van der Waals surface area contributed by atoms with Crippen LogP contribution < -0.4 is 5.43 Å². The van der Waals surface area contributed by atoms with E-state index < -0.39 is 0 Å². The fourth-order valence-corrected chi connectivity index (χ4v) is 3.39. The maximum atomic E-state index is 12.3. The number of nitrogens with zero attached hydrogens (tertiary/aromatic N) is 2. The van der Waals surface area contributed by atoms with E-state index in [0.717, 1.165) is 37.3 Å². The van der Waals surface area contributed by atoms with Gasteiger partial charge in [0.2, 0.25) is 0 Å². The predicted octanol–water partition coefficient (Wildman–Crippen LogP) is 2.16. The quantitative estimate of drug-likeness (QED) is 0.924. The summed E-state index contributed by atoms with van der Waals surface area (Å²) in [5, 5.41) is 0. The molecule has 0 atom stereocenters. The van der Waals surface area contributed by atoms with Crippen molar-refractivity contribution < 1.29 is 4.79 Å². The molecule has 1 amide bonds. The molecule has 21 heavy (non-hydrogen) atoms. The van der Waals surface area contributed by atoms with Crippen molar-refractivity contribution in [2.75, 3.05) is 13.1 Å². The summed E-state index contributed by atoms with van der Waals surface area (Å²) >= 11 is 1.38. The molecule has 0 bridgehead atoms. The zero-order valence-corrected chi connectivity index (χ0v) is 12.7. The second kappa shape index (κ2) is 5.81. The highest BCUT2D eigenvalue weighted by Gasteiger charge is 2.25. The van der Waals surface area contributed by atoms with E-state index in [4.69, 9.17) is 0 Å². The monoisotopic (exact) mass is 303 g/mol. The molecule has 1 aliphatic rings. The molecule has 1 saturated heterocycles. The Morgan fingerprint density at radius 2 is 2.14 bits per heavy atom. The van der Waals surface area contributed by atoms with Crippen molar-refractivity contribution in [3.8, 4) is 0 Å². The van der Waals surface area contributed by atoms with Gasteiger partial charge < -0.3 is 9.88 Å². The number of piperidine rings is 1. The molecule has 6 heteroatoms. The number of rotatable bonds is 2.